The van der Waals surface area contributed by atoms with Crippen LogP contribution in [0.4, 0.5) is 0 Å². The van der Waals surface area contributed by atoms with Crippen LogP contribution in [0.2, 0.25) is 0 Å². The van der Waals surface area contributed by atoms with Crippen LogP contribution in [0.3, 0.4) is 0 Å². The van der Waals surface area contributed by atoms with E-state index < -0.39 is 0 Å². The zero-order valence-corrected chi connectivity index (χ0v) is 12.0. The minimum absolute atomic E-state index is 0.0279. The van der Waals surface area contributed by atoms with E-state index in [1.165, 1.54) is 5.56 Å². The normalized spacial score (nSPS) is 19.6. The van der Waals surface area contributed by atoms with E-state index in [-0.39, 0.29) is 17.4 Å². The molecular weight excluding hydrogens is 250 g/mol. The summed E-state index contributed by atoms with van der Waals surface area (Å²) >= 11 is 0. The predicted molar refractivity (Wildman–Crippen MR) is 77.4 cm³/mol. The summed E-state index contributed by atoms with van der Waals surface area (Å²) in [5.41, 5.74) is 7.25. The molecule has 4 heteroatoms. The number of aromatic nitrogens is 2. The monoisotopic (exact) mass is 271 g/mol. The van der Waals surface area contributed by atoms with E-state index in [0.29, 0.717) is 5.89 Å². The van der Waals surface area contributed by atoms with E-state index >= 15 is 0 Å². The fourth-order valence-corrected chi connectivity index (χ4v) is 2.88. The van der Waals surface area contributed by atoms with E-state index in [9.17, 15) is 0 Å². The first-order valence-electron chi connectivity index (χ1n) is 7.32. The highest BCUT2D eigenvalue weighted by Crippen LogP contribution is 2.52. The molecule has 0 amide bonds. The van der Waals surface area contributed by atoms with Gasteiger partial charge in [0.2, 0.25) is 5.89 Å². The second-order valence-corrected chi connectivity index (χ2v) is 5.78. The minimum Gasteiger partial charge on any atom is -0.339 e. The number of benzene rings is 1. The van der Waals surface area contributed by atoms with Crippen molar-refractivity contribution in [2.24, 2.45) is 5.73 Å². The number of rotatable bonds is 5. The molecular formula is C16H21N3O. The number of hydrogen-bond donors (Lipinski definition) is 1. The van der Waals surface area contributed by atoms with Gasteiger partial charge in [0.25, 0.3) is 0 Å². The van der Waals surface area contributed by atoms with Crippen LogP contribution in [0.5, 0.6) is 0 Å². The molecule has 2 unspecified atom stereocenters. The molecule has 0 spiro atoms. The summed E-state index contributed by atoms with van der Waals surface area (Å²) in [4.78, 5) is 4.66. The first-order valence-corrected chi connectivity index (χ1v) is 7.32. The molecule has 2 atom stereocenters. The SMILES string of the molecule is CCC(c1nc(C2(c3ccccc3)CC2)no1)C(C)N. The molecule has 3 rings (SSSR count). The molecule has 4 nitrogen and oxygen atoms in total. The highest BCUT2D eigenvalue weighted by atomic mass is 16.5. The van der Waals surface area contributed by atoms with Crippen molar-refractivity contribution >= 4 is 0 Å². The van der Waals surface area contributed by atoms with Crippen LogP contribution in [-0.2, 0) is 5.41 Å². The average molecular weight is 271 g/mol. The Morgan fingerprint density at radius 3 is 2.55 bits per heavy atom. The molecule has 1 fully saturated rings. The summed E-state index contributed by atoms with van der Waals surface area (Å²) in [5.74, 6) is 1.64. The van der Waals surface area contributed by atoms with Crippen molar-refractivity contribution < 1.29 is 4.52 Å². The second-order valence-electron chi connectivity index (χ2n) is 5.78. The Morgan fingerprint density at radius 1 is 1.30 bits per heavy atom. The maximum absolute atomic E-state index is 6.00. The molecule has 20 heavy (non-hydrogen) atoms. The Bertz CT molecular complexity index is 572. The largest absolute Gasteiger partial charge is 0.339 e. The zero-order valence-electron chi connectivity index (χ0n) is 12.0. The third-order valence-corrected chi connectivity index (χ3v) is 4.34. The van der Waals surface area contributed by atoms with E-state index in [0.717, 1.165) is 25.1 Å². The van der Waals surface area contributed by atoms with Gasteiger partial charge < -0.3 is 10.3 Å². The molecule has 1 saturated carbocycles. The number of nitrogens with zero attached hydrogens (tertiary/aromatic N) is 2. The van der Waals surface area contributed by atoms with Crippen molar-refractivity contribution in [3.63, 3.8) is 0 Å². The Hall–Kier alpha value is -1.68. The van der Waals surface area contributed by atoms with Crippen molar-refractivity contribution in [1.29, 1.82) is 0 Å². The van der Waals surface area contributed by atoms with Gasteiger partial charge >= 0.3 is 0 Å². The molecule has 106 valence electrons. The average Bonchev–Trinajstić information content (AvgIpc) is 3.13. The highest BCUT2D eigenvalue weighted by Gasteiger charge is 2.50. The minimum atomic E-state index is -0.0286. The Labute approximate surface area is 119 Å². The summed E-state index contributed by atoms with van der Waals surface area (Å²) in [6, 6.07) is 10.5. The molecule has 0 aliphatic heterocycles. The summed E-state index contributed by atoms with van der Waals surface area (Å²) in [6.07, 6.45) is 3.09. The van der Waals surface area contributed by atoms with Crippen LogP contribution in [0, 0.1) is 0 Å². The van der Waals surface area contributed by atoms with Crippen LogP contribution < -0.4 is 5.73 Å². The van der Waals surface area contributed by atoms with Crippen LogP contribution in [0.15, 0.2) is 34.9 Å². The van der Waals surface area contributed by atoms with Crippen LogP contribution in [-0.4, -0.2) is 16.2 Å². The summed E-state index contributed by atoms with van der Waals surface area (Å²) in [5, 5.41) is 4.24. The third kappa shape index (κ3) is 2.14. The lowest BCUT2D eigenvalue weighted by molar-refractivity contribution is 0.330. The molecule has 1 heterocycles. The lowest BCUT2D eigenvalue weighted by Gasteiger charge is -2.14. The number of hydrogen-bond acceptors (Lipinski definition) is 4. The van der Waals surface area contributed by atoms with Gasteiger partial charge in [0.15, 0.2) is 5.82 Å². The maximum Gasteiger partial charge on any atom is 0.231 e. The van der Waals surface area contributed by atoms with Crippen molar-refractivity contribution in [3.8, 4) is 0 Å². The maximum atomic E-state index is 6.00. The molecule has 2 aromatic rings. The van der Waals surface area contributed by atoms with Gasteiger partial charge in [0, 0.05) is 6.04 Å². The quantitative estimate of drug-likeness (QED) is 0.908. The van der Waals surface area contributed by atoms with E-state index in [1.54, 1.807) is 0 Å². The summed E-state index contributed by atoms with van der Waals surface area (Å²) in [6.45, 7) is 4.09. The standard InChI is InChI=1S/C16H21N3O/c1-3-13(11(2)17)14-18-15(19-20-14)16(9-10-16)12-7-5-4-6-8-12/h4-8,11,13H,3,9-10,17H2,1-2H3. The van der Waals surface area contributed by atoms with Gasteiger partial charge in [-0.3, -0.25) is 0 Å². The first kappa shape index (κ1) is 13.3. The van der Waals surface area contributed by atoms with Crippen molar-refractivity contribution in [1.82, 2.24) is 10.1 Å². The van der Waals surface area contributed by atoms with Crippen molar-refractivity contribution in [2.75, 3.05) is 0 Å². The highest BCUT2D eigenvalue weighted by molar-refractivity contribution is 5.38. The van der Waals surface area contributed by atoms with E-state index in [1.807, 2.05) is 13.0 Å². The molecule has 0 saturated heterocycles. The topological polar surface area (TPSA) is 64.9 Å². The molecule has 2 N–H and O–H groups in total. The fraction of sp³-hybridized carbons (Fsp3) is 0.500. The second kappa shape index (κ2) is 5.02. The smallest absolute Gasteiger partial charge is 0.231 e. The molecule has 0 bridgehead atoms. The molecule has 1 aromatic carbocycles. The molecule has 1 aromatic heterocycles. The lowest BCUT2D eigenvalue weighted by atomic mass is 9.95. The van der Waals surface area contributed by atoms with Gasteiger partial charge in [0.05, 0.1) is 11.3 Å². The molecule has 1 aliphatic rings. The first-order chi connectivity index (χ1) is 9.67. The third-order valence-electron chi connectivity index (χ3n) is 4.34. The van der Waals surface area contributed by atoms with E-state index in [2.05, 4.69) is 41.3 Å². The summed E-state index contributed by atoms with van der Waals surface area (Å²) in [7, 11) is 0. The van der Waals surface area contributed by atoms with Crippen LogP contribution in [0.1, 0.15) is 56.3 Å². The van der Waals surface area contributed by atoms with Gasteiger partial charge in [-0.05, 0) is 31.7 Å². The van der Waals surface area contributed by atoms with Gasteiger partial charge in [-0.25, -0.2) is 0 Å². The fourth-order valence-electron chi connectivity index (χ4n) is 2.88. The van der Waals surface area contributed by atoms with E-state index in [4.69, 9.17) is 10.3 Å². The Balaban J connectivity index is 1.91. The zero-order chi connectivity index (χ0) is 14.2. The van der Waals surface area contributed by atoms with Crippen LogP contribution >= 0.6 is 0 Å². The Kier molecular flexibility index (Phi) is 3.34. The van der Waals surface area contributed by atoms with Gasteiger partial charge in [-0.1, -0.05) is 42.4 Å². The molecule has 1 aliphatic carbocycles. The summed E-state index contributed by atoms with van der Waals surface area (Å²) < 4.78 is 5.49. The Morgan fingerprint density at radius 2 is 2.00 bits per heavy atom. The van der Waals surface area contributed by atoms with Gasteiger partial charge in [-0.15, -0.1) is 0 Å². The van der Waals surface area contributed by atoms with Crippen molar-refractivity contribution in [2.45, 2.75) is 50.5 Å². The van der Waals surface area contributed by atoms with Crippen molar-refractivity contribution in [3.05, 3.63) is 47.6 Å². The lowest BCUT2D eigenvalue weighted by Crippen LogP contribution is -2.24. The predicted octanol–water partition coefficient (Wildman–Crippen LogP) is 2.99. The van der Waals surface area contributed by atoms with Gasteiger partial charge in [0.1, 0.15) is 0 Å². The molecule has 0 radical (unpaired) electrons. The van der Waals surface area contributed by atoms with Crippen LogP contribution in [0.25, 0.3) is 0 Å². The van der Waals surface area contributed by atoms with Gasteiger partial charge in [-0.2, -0.15) is 4.98 Å². The number of nitrogens with two attached hydrogens (primary N) is 1.